The van der Waals surface area contributed by atoms with Crippen molar-refractivity contribution in [3.05, 3.63) is 65.5 Å². The molecule has 0 aliphatic carbocycles. The summed E-state index contributed by atoms with van der Waals surface area (Å²) in [6, 6.07) is 16.4. The predicted octanol–water partition coefficient (Wildman–Crippen LogP) is 3.80. The van der Waals surface area contributed by atoms with E-state index in [1.165, 1.54) is 10.8 Å². The minimum atomic E-state index is -0.0786. The van der Waals surface area contributed by atoms with Gasteiger partial charge in [-0.05, 0) is 35.7 Å². The number of ether oxygens (including phenoxy) is 2. The fourth-order valence-electron chi connectivity index (χ4n) is 3.50. The summed E-state index contributed by atoms with van der Waals surface area (Å²) in [4.78, 5) is 12.1. The second kappa shape index (κ2) is 9.20. The molecule has 152 valence electrons. The first-order valence-electron chi connectivity index (χ1n) is 10.1. The lowest BCUT2D eigenvalue weighted by Gasteiger charge is -2.13. The predicted molar refractivity (Wildman–Crippen MR) is 109 cm³/mol. The van der Waals surface area contributed by atoms with Crippen LogP contribution in [0.1, 0.15) is 36.5 Å². The Morgan fingerprint density at radius 1 is 1.24 bits per heavy atom. The van der Waals surface area contributed by atoms with E-state index in [2.05, 4.69) is 40.8 Å². The van der Waals surface area contributed by atoms with Gasteiger partial charge in [0.2, 0.25) is 5.91 Å². The van der Waals surface area contributed by atoms with Crippen molar-refractivity contribution in [2.75, 3.05) is 19.8 Å². The Balaban J connectivity index is 1.26. The van der Waals surface area contributed by atoms with Crippen molar-refractivity contribution < 1.29 is 18.8 Å². The summed E-state index contributed by atoms with van der Waals surface area (Å²) in [6.45, 7) is 4.48. The monoisotopic (exact) mass is 394 g/mol. The molecular weight excluding hydrogens is 368 g/mol. The average Bonchev–Trinajstić information content (AvgIpc) is 3.42. The van der Waals surface area contributed by atoms with E-state index in [0.717, 1.165) is 25.2 Å². The molecule has 6 heteroatoms. The first-order valence-corrected chi connectivity index (χ1v) is 10.1. The SMILES string of the molecule is CC(OCc1cc(CC(=O)NCC2CCOC2)no1)c1ccc2ccccc2c1. The minimum absolute atomic E-state index is 0.0535. The third kappa shape index (κ3) is 5.22. The molecule has 4 rings (SSSR count). The van der Waals surface area contributed by atoms with Gasteiger partial charge in [-0.2, -0.15) is 0 Å². The quantitative estimate of drug-likeness (QED) is 0.629. The maximum Gasteiger partial charge on any atom is 0.226 e. The molecule has 29 heavy (non-hydrogen) atoms. The number of benzene rings is 2. The highest BCUT2D eigenvalue weighted by Gasteiger charge is 2.17. The standard InChI is InChI=1S/C23H26N2O4/c1-16(19-7-6-18-4-2-3-5-20(18)10-19)28-15-22-11-21(25-29-22)12-23(26)24-13-17-8-9-27-14-17/h2-7,10-11,16-17H,8-9,12-15H2,1H3,(H,24,26). The number of carbonyl (C=O) groups excluding carboxylic acids is 1. The van der Waals surface area contributed by atoms with Gasteiger partial charge in [0, 0.05) is 25.1 Å². The molecule has 1 N–H and O–H groups in total. The highest BCUT2D eigenvalue weighted by molar-refractivity contribution is 5.83. The molecule has 6 nitrogen and oxygen atoms in total. The number of fused-ring (bicyclic) bond motifs is 1. The van der Waals surface area contributed by atoms with Gasteiger partial charge in [0.1, 0.15) is 6.61 Å². The third-order valence-electron chi connectivity index (χ3n) is 5.28. The van der Waals surface area contributed by atoms with Crippen LogP contribution >= 0.6 is 0 Å². The number of nitrogens with zero attached hydrogens (tertiary/aromatic N) is 1. The lowest BCUT2D eigenvalue weighted by atomic mass is 10.0. The summed E-state index contributed by atoms with van der Waals surface area (Å²) >= 11 is 0. The van der Waals surface area contributed by atoms with E-state index in [-0.39, 0.29) is 18.4 Å². The van der Waals surface area contributed by atoms with Gasteiger partial charge in [0.25, 0.3) is 0 Å². The van der Waals surface area contributed by atoms with Crippen LogP contribution in [0, 0.1) is 5.92 Å². The van der Waals surface area contributed by atoms with Crippen molar-refractivity contribution in [1.29, 1.82) is 0 Å². The Bertz CT molecular complexity index is 962. The molecule has 1 aromatic heterocycles. The van der Waals surface area contributed by atoms with Crippen LogP contribution in [0.3, 0.4) is 0 Å². The molecule has 2 aromatic carbocycles. The van der Waals surface area contributed by atoms with Crippen LogP contribution in [0.5, 0.6) is 0 Å². The van der Waals surface area contributed by atoms with Crippen molar-refractivity contribution in [2.24, 2.45) is 5.92 Å². The van der Waals surface area contributed by atoms with Crippen molar-refractivity contribution >= 4 is 16.7 Å². The van der Waals surface area contributed by atoms with Gasteiger partial charge in [-0.15, -0.1) is 0 Å². The van der Waals surface area contributed by atoms with Crippen LogP contribution in [0.2, 0.25) is 0 Å². The number of nitrogens with one attached hydrogen (secondary N) is 1. The Morgan fingerprint density at radius 3 is 2.93 bits per heavy atom. The molecule has 0 bridgehead atoms. The molecular formula is C23H26N2O4. The van der Waals surface area contributed by atoms with Crippen LogP contribution in [-0.4, -0.2) is 30.8 Å². The summed E-state index contributed by atoms with van der Waals surface area (Å²) in [5, 5.41) is 9.33. The number of aromatic nitrogens is 1. The zero-order valence-electron chi connectivity index (χ0n) is 16.6. The molecule has 1 saturated heterocycles. The molecule has 1 aliphatic rings. The van der Waals surface area contributed by atoms with Crippen molar-refractivity contribution in [2.45, 2.75) is 32.5 Å². The van der Waals surface area contributed by atoms with Crippen LogP contribution in [-0.2, 0) is 27.3 Å². The van der Waals surface area contributed by atoms with E-state index in [1.807, 2.05) is 19.1 Å². The number of carbonyl (C=O) groups is 1. The first kappa shape index (κ1) is 19.6. The molecule has 2 heterocycles. The maximum atomic E-state index is 12.1. The van der Waals surface area contributed by atoms with E-state index in [0.29, 0.717) is 30.5 Å². The zero-order valence-corrected chi connectivity index (χ0v) is 16.6. The molecule has 0 saturated carbocycles. The number of hydrogen-bond donors (Lipinski definition) is 1. The maximum absolute atomic E-state index is 12.1. The number of rotatable bonds is 8. The topological polar surface area (TPSA) is 73.6 Å². The Morgan fingerprint density at radius 2 is 2.10 bits per heavy atom. The molecule has 1 amide bonds. The largest absolute Gasteiger partial charge is 0.381 e. The van der Waals surface area contributed by atoms with Gasteiger partial charge in [-0.1, -0.05) is 41.6 Å². The van der Waals surface area contributed by atoms with Crippen molar-refractivity contribution in [1.82, 2.24) is 10.5 Å². The third-order valence-corrected chi connectivity index (χ3v) is 5.28. The van der Waals surface area contributed by atoms with Gasteiger partial charge < -0.3 is 19.3 Å². The molecule has 0 spiro atoms. The molecule has 0 radical (unpaired) electrons. The van der Waals surface area contributed by atoms with Gasteiger partial charge in [-0.25, -0.2) is 0 Å². The van der Waals surface area contributed by atoms with Gasteiger partial charge in [0.05, 0.1) is 24.8 Å². The molecule has 1 aliphatic heterocycles. The summed E-state index contributed by atoms with van der Waals surface area (Å²) in [7, 11) is 0. The molecule has 2 atom stereocenters. The van der Waals surface area contributed by atoms with Crippen LogP contribution in [0.4, 0.5) is 0 Å². The fraction of sp³-hybridized carbons (Fsp3) is 0.391. The summed E-state index contributed by atoms with van der Waals surface area (Å²) in [6.07, 6.45) is 1.13. The second-order valence-electron chi connectivity index (χ2n) is 7.55. The van der Waals surface area contributed by atoms with E-state index >= 15 is 0 Å². The minimum Gasteiger partial charge on any atom is -0.381 e. The van der Waals surface area contributed by atoms with Gasteiger partial charge >= 0.3 is 0 Å². The Kier molecular flexibility index (Phi) is 6.22. The molecule has 3 aromatic rings. The van der Waals surface area contributed by atoms with Crippen molar-refractivity contribution in [3.8, 4) is 0 Å². The van der Waals surface area contributed by atoms with Crippen LogP contribution < -0.4 is 5.32 Å². The lowest BCUT2D eigenvalue weighted by Crippen LogP contribution is -2.30. The summed E-state index contributed by atoms with van der Waals surface area (Å²) in [5.74, 6) is 0.976. The molecule has 1 fully saturated rings. The number of amides is 1. The van der Waals surface area contributed by atoms with Crippen LogP contribution in [0.15, 0.2) is 53.1 Å². The van der Waals surface area contributed by atoms with Gasteiger partial charge in [-0.3, -0.25) is 4.79 Å². The normalized spacial score (nSPS) is 17.5. The summed E-state index contributed by atoms with van der Waals surface area (Å²) in [5.41, 5.74) is 1.72. The Hall–Kier alpha value is -2.70. The zero-order chi connectivity index (χ0) is 20.1. The second-order valence-corrected chi connectivity index (χ2v) is 7.55. The fourth-order valence-corrected chi connectivity index (χ4v) is 3.50. The highest BCUT2D eigenvalue weighted by Crippen LogP contribution is 2.23. The van der Waals surface area contributed by atoms with Crippen LogP contribution in [0.25, 0.3) is 10.8 Å². The Labute approximate surface area is 170 Å². The van der Waals surface area contributed by atoms with Crippen molar-refractivity contribution in [3.63, 3.8) is 0 Å². The van der Waals surface area contributed by atoms with E-state index in [1.54, 1.807) is 6.07 Å². The first-order chi connectivity index (χ1) is 14.2. The van der Waals surface area contributed by atoms with Gasteiger partial charge in [0.15, 0.2) is 5.76 Å². The highest BCUT2D eigenvalue weighted by atomic mass is 16.5. The van der Waals surface area contributed by atoms with E-state index in [9.17, 15) is 4.79 Å². The lowest BCUT2D eigenvalue weighted by molar-refractivity contribution is -0.120. The average molecular weight is 394 g/mol. The number of hydrogen-bond acceptors (Lipinski definition) is 5. The molecule has 2 unspecified atom stereocenters. The summed E-state index contributed by atoms with van der Waals surface area (Å²) < 4.78 is 16.6. The van der Waals surface area contributed by atoms with E-state index < -0.39 is 0 Å². The van der Waals surface area contributed by atoms with E-state index in [4.69, 9.17) is 14.0 Å². The smallest absolute Gasteiger partial charge is 0.226 e.